The van der Waals surface area contributed by atoms with E-state index in [0.29, 0.717) is 86.4 Å². The van der Waals surface area contributed by atoms with Crippen molar-refractivity contribution < 1.29 is 34.7 Å². The van der Waals surface area contributed by atoms with Crippen molar-refractivity contribution in [2.45, 2.75) is 93.6 Å². The van der Waals surface area contributed by atoms with E-state index >= 15 is 0 Å². The summed E-state index contributed by atoms with van der Waals surface area (Å²) in [6.45, 7) is 15.0. The highest BCUT2D eigenvalue weighted by Gasteiger charge is 2.29. The van der Waals surface area contributed by atoms with Gasteiger partial charge in [-0.25, -0.2) is 9.97 Å². The van der Waals surface area contributed by atoms with E-state index in [4.69, 9.17) is 46.4 Å². The number of aromatic hydroxyl groups is 4. The SMILES string of the molecule is CCc1cc(-c2[nH]n(CCn3cnc4c(-[n+]5c(-c6cc(CC)c(O)cc6O)[nH]n(COc6ccc(-n7c(-c8cc(CC)c(O)cc8C)n[nH]c7=S)c7ccn(C(C)C)c67)c5=S)cccc43)c(=S)[nH+]2)c(C)cc1O. The van der Waals surface area contributed by atoms with Crippen LogP contribution in [0, 0.1) is 28.2 Å². The molecule has 0 saturated carbocycles. The first-order valence-corrected chi connectivity index (χ1v) is 25.4. The molecule has 0 aliphatic heterocycles. The van der Waals surface area contributed by atoms with Crippen LogP contribution in [0.15, 0.2) is 85.3 Å². The molecule has 17 nitrogen and oxygen atoms in total. The van der Waals surface area contributed by atoms with Gasteiger partial charge in [0.15, 0.2) is 10.6 Å². The lowest BCUT2D eigenvalue weighted by Gasteiger charge is -2.16. The lowest BCUT2D eigenvalue weighted by atomic mass is 10.0. The molecule has 0 amide bonds. The largest absolute Gasteiger partial charge is 0.508 e. The number of nitrogens with zero attached hydrogens (tertiary/aromatic N) is 8. The van der Waals surface area contributed by atoms with Crippen molar-refractivity contribution in [1.82, 2.24) is 48.4 Å². The summed E-state index contributed by atoms with van der Waals surface area (Å²) in [5, 5.41) is 58.8. The van der Waals surface area contributed by atoms with Crippen LogP contribution >= 0.6 is 36.7 Å². The third-order valence-electron chi connectivity index (χ3n) is 13.6. The molecule has 5 aromatic carbocycles. The zero-order valence-corrected chi connectivity index (χ0v) is 43.9. The number of benzene rings is 5. The average Bonchev–Trinajstić information content (AvgIpc) is 4.21. The van der Waals surface area contributed by atoms with Crippen molar-refractivity contribution in [1.29, 1.82) is 0 Å². The molecular formula is C53H56N12O5S3+2. The van der Waals surface area contributed by atoms with Gasteiger partial charge in [0, 0.05) is 29.3 Å². The molecule has 5 heterocycles. The van der Waals surface area contributed by atoms with Crippen molar-refractivity contribution in [2.24, 2.45) is 0 Å². The number of nitrogens with one attached hydrogen (secondary N) is 4. The molecule has 0 aliphatic rings. The van der Waals surface area contributed by atoms with Gasteiger partial charge in [0.1, 0.15) is 46.5 Å². The summed E-state index contributed by atoms with van der Waals surface area (Å²) in [5.74, 6) is 2.77. The van der Waals surface area contributed by atoms with Crippen molar-refractivity contribution in [2.75, 3.05) is 0 Å². The monoisotopic (exact) mass is 1040 g/mol. The van der Waals surface area contributed by atoms with Crippen LogP contribution in [-0.4, -0.2) is 68.9 Å². The summed E-state index contributed by atoms with van der Waals surface area (Å²) < 4.78 is 19.6. The minimum absolute atomic E-state index is 0.0123. The van der Waals surface area contributed by atoms with Crippen molar-refractivity contribution in [3.05, 3.63) is 127 Å². The minimum atomic E-state index is -0.143. The van der Waals surface area contributed by atoms with E-state index in [2.05, 4.69) is 48.4 Å². The van der Waals surface area contributed by atoms with E-state index in [1.54, 1.807) is 29.2 Å². The molecule has 0 saturated heterocycles. The van der Waals surface area contributed by atoms with Crippen molar-refractivity contribution in [3.8, 4) is 74.3 Å². The number of hydrogen-bond donors (Lipinski definition) is 7. The second kappa shape index (κ2) is 19.3. The van der Waals surface area contributed by atoms with Crippen LogP contribution in [0.4, 0.5) is 0 Å². The Morgan fingerprint density at radius 2 is 1.42 bits per heavy atom. The third kappa shape index (κ3) is 8.57. The van der Waals surface area contributed by atoms with Crippen LogP contribution in [0.25, 0.3) is 67.5 Å². The summed E-state index contributed by atoms with van der Waals surface area (Å²) in [6, 6.07) is 22.4. The summed E-state index contributed by atoms with van der Waals surface area (Å²) >= 11 is 18.0. The Morgan fingerprint density at radius 1 is 0.753 bits per heavy atom. The van der Waals surface area contributed by atoms with E-state index < -0.39 is 0 Å². The average molecular weight is 1040 g/mol. The molecule has 374 valence electrons. The van der Waals surface area contributed by atoms with Crippen molar-refractivity contribution in [3.63, 3.8) is 0 Å². The van der Waals surface area contributed by atoms with Crippen LogP contribution < -0.4 is 14.3 Å². The minimum Gasteiger partial charge on any atom is -0.508 e. The first-order chi connectivity index (χ1) is 35.1. The second-order valence-electron chi connectivity index (χ2n) is 18.4. The van der Waals surface area contributed by atoms with Gasteiger partial charge in [-0.2, -0.15) is 19.9 Å². The molecule has 0 atom stereocenters. The second-order valence-corrected chi connectivity index (χ2v) is 19.6. The molecule has 10 aromatic rings. The lowest BCUT2D eigenvalue weighted by molar-refractivity contribution is -0.590. The molecule has 8 N–H and O–H groups in total. The number of imidazole rings is 1. The molecule has 5 aromatic heterocycles. The first-order valence-electron chi connectivity index (χ1n) is 24.2. The normalized spacial score (nSPS) is 11.8. The van der Waals surface area contributed by atoms with Gasteiger partial charge < -0.3 is 34.3 Å². The predicted octanol–water partition coefficient (Wildman–Crippen LogP) is 10.5. The molecule has 0 aliphatic carbocycles. The van der Waals surface area contributed by atoms with Gasteiger partial charge in [-0.1, -0.05) is 31.5 Å². The quantitative estimate of drug-likeness (QED) is 0.0382. The molecular weight excluding hydrogens is 981 g/mol. The zero-order valence-electron chi connectivity index (χ0n) is 41.4. The van der Waals surface area contributed by atoms with Gasteiger partial charge in [-0.3, -0.25) is 9.67 Å². The van der Waals surface area contributed by atoms with E-state index in [0.717, 1.165) is 61.3 Å². The number of H-pyrrole nitrogens is 4. The smallest absolute Gasteiger partial charge is 0.334 e. The number of phenols is 4. The Morgan fingerprint density at radius 3 is 2.12 bits per heavy atom. The van der Waals surface area contributed by atoms with E-state index in [1.807, 2.05) is 103 Å². The molecule has 0 radical (unpaired) electrons. The van der Waals surface area contributed by atoms with Crippen LogP contribution in [0.2, 0.25) is 0 Å². The van der Waals surface area contributed by atoms with Gasteiger partial charge in [0.25, 0.3) is 11.6 Å². The predicted molar refractivity (Wildman–Crippen MR) is 286 cm³/mol. The fraction of sp³-hybridized carbons (Fsp3) is 0.264. The molecule has 0 fully saturated rings. The highest BCUT2D eigenvalue weighted by atomic mass is 32.1. The van der Waals surface area contributed by atoms with E-state index in [1.165, 1.54) is 6.07 Å². The highest BCUT2D eigenvalue weighted by Crippen LogP contribution is 2.39. The Kier molecular flexibility index (Phi) is 12.9. The molecule has 0 bridgehead atoms. The number of ether oxygens (including phenoxy) is 1. The number of aromatic amines is 4. The van der Waals surface area contributed by atoms with Crippen LogP contribution in [0.5, 0.6) is 28.7 Å². The summed E-state index contributed by atoms with van der Waals surface area (Å²) in [4.78, 5) is 8.24. The molecule has 10 rings (SSSR count). The number of fused-ring (bicyclic) bond motifs is 2. The number of para-hydroxylation sites is 1. The van der Waals surface area contributed by atoms with Gasteiger partial charge in [-0.05, 0) is 172 Å². The third-order valence-corrected chi connectivity index (χ3v) is 14.6. The molecule has 0 spiro atoms. The number of aryl methyl sites for hydroxylation is 7. The first kappa shape index (κ1) is 48.8. The van der Waals surface area contributed by atoms with Crippen molar-refractivity contribution >= 4 is 58.6 Å². The summed E-state index contributed by atoms with van der Waals surface area (Å²) in [5.41, 5.74) is 10.0. The fourth-order valence-electron chi connectivity index (χ4n) is 9.71. The Bertz CT molecular complexity index is 3980. The Balaban J connectivity index is 1.03. The summed E-state index contributed by atoms with van der Waals surface area (Å²) in [6.07, 6.45) is 5.68. The molecule has 20 heteroatoms. The highest BCUT2D eigenvalue weighted by molar-refractivity contribution is 7.71. The number of phenolic OH excluding ortho intramolecular Hbond substituents is 4. The fourth-order valence-corrected chi connectivity index (χ4v) is 10.5. The number of rotatable bonds is 15. The van der Waals surface area contributed by atoms with E-state index in [-0.39, 0.29) is 35.8 Å². The Labute approximate surface area is 434 Å². The van der Waals surface area contributed by atoms with Gasteiger partial charge in [0.05, 0.1) is 40.7 Å². The van der Waals surface area contributed by atoms with Crippen LogP contribution in [-0.2, 0) is 39.1 Å². The van der Waals surface area contributed by atoms with Crippen LogP contribution in [0.3, 0.4) is 0 Å². The molecule has 0 unspecified atom stereocenters. The molecule has 73 heavy (non-hydrogen) atoms. The maximum atomic E-state index is 11.5. The summed E-state index contributed by atoms with van der Waals surface area (Å²) in [7, 11) is 0. The number of aromatic nitrogens is 12. The maximum absolute atomic E-state index is 11.5. The van der Waals surface area contributed by atoms with Gasteiger partial charge in [-0.15, -0.1) is 4.68 Å². The number of hydrogen-bond acceptors (Lipinski definition) is 10. The van der Waals surface area contributed by atoms with Gasteiger partial charge in [0.2, 0.25) is 6.73 Å². The van der Waals surface area contributed by atoms with Crippen LogP contribution in [0.1, 0.15) is 68.5 Å². The topological polar surface area (TPSA) is 206 Å². The van der Waals surface area contributed by atoms with Gasteiger partial charge >= 0.3 is 9.54 Å². The zero-order chi connectivity index (χ0) is 51.6. The standard InChI is InChI=1S/C53H54N12O5S3/c1-8-31-22-35(29(6)20-41(31)66)48-55-51(71)62(58-48)19-18-60-26-54-46-39(60)12-11-13-40(46)65-50(37-24-33(10-3)43(68)25-44(37)69)59-63(53(65)73)27-70-45-15-14-38(34-16-17-61(28(4)5)47(34)45)64-49(56-57-52(64)72)36-23-32(9-2)42(67)21-30(36)7/h11-17,20-26,28H,8-10,18-19,27H2,1-7H3,(H6,55,56,57,58,59,66,67,68,69,71,72)/p+2. The van der Waals surface area contributed by atoms with E-state index in [9.17, 15) is 20.4 Å². The Hall–Kier alpha value is -7.81. The lowest BCUT2D eigenvalue weighted by Crippen LogP contribution is -2.34. The maximum Gasteiger partial charge on any atom is 0.334 e.